The van der Waals surface area contributed by atoms with Crippen molar-refractivity contribution in [3.63, 3.8) is 0 Å². The third kappa shape index (κ3) is 5.54. The number of rotatable bonds is 8. The number of likely N-dealkylation sites (N-methyl/N-ethyl adjacent to an activating group) is 1. The molecule has 0 fully saturated rings. The molecule has 2 aromatic rings. The maximum Gasteiger partial charge on any atom is 0.0300 e. The molecule has 0 saturated heterocycles. The van der Waals surface area contributed by atoms with Crippen LogP contribution in [0.15, 0.2) is 43.0 Å². The van der Waals surface area contributed by atoms with E-state index in [1.165, 1.54) is 16.7 Å². The van der Waals surface area contributed by atoms with Crippen LogP contribution in [0.3, 0.4) is 0 Å². The molecular weight excluding hydrogens is 272 g/mol. The molecule has 118 valence electrons. The first kappa shape index (κ1) is 16.6. The Balaban J connectivity index is 1.80. The predicted molar refractivity (Wildman–Crippen MR) is 90.5 cm³/mol. The van der Waals surface area contributed by atoms with E-state index in [9.17, 15) is 0 Å². The van der Waals surface area contributed by atoms with Gasteiger partial charge < -0.3 is 5.73 Å². The maximum absolute atomic E-state index is 6.32. The van der Waals surface area contributed by atoms with E-state index in [1.54, 1.807) is 0 Å². The molecule has 0 bridgehead atoms. The Bertz CT molecular complexity index is 556. The highest BCUT2D eigenvalue weighted by atomic mass is 15.1. The van der Waals surface area contributed by atoms with Gasteiger partial charge in [0.2, 0.25) is 0 Å². The third-order valence-electron chi connectivity index (χ3n) is 3.83. The molecule has 0 spiro atoms. The van der Waals surface area contributed by atoms with Crippen molar-refractivity contribution in [2.45, 2.75) is 39.3 Å². The summed E-state index contributed by atoms with van der Waals surface area (Å²) in [6.07, 6.45) is 9.48. The zero-order valence-corrected chi connectivity index (χ0v) is 13.6. The van der Waals surface area contributed by atoms with Crippen molar-refractivity contribution < 1.29 is 0 Å². The van der Waals surface area contributed by atoms with Crippen LogP contribution >= 0.6 is 0 Å². The summed E-state index contributed by atoms with van der Waals surface area (Å²) < 4.78 is 0. The number of nitrogens with two attached hydrogens (primary N) is 1. The molecule has 0 amide bonds. The SMILES string of the molecule is CCN(Cc1ccncc1)CC(N)CCc1cncc(C)c1. The molecule has 2 rings (SSSR count). The molecule has 0 aliphatic heterocycles. The van der Waals surface area contributed by atoms with Gasteiger partial charge in [-0.25, -0.2) is 0 Å². The summed E-state index contributed by atoms with van der Waals surface area (Å²) in [5.74, 6) is 0. The van der Waals surface area contributed by atoms with E-state index >= 15 is 0 Å². The molecule has 2 aromatic heterocycles. The highest BCUT2D eigenvalue weighted by Crippen LogP contribution is 2.08. The quantitative estimate of drug-likeness (QED) is 0.814. The van der Waals surface area contributed by atoms with Gasteiger partial charge in [0, 0.05) is 43.9 Å². The van der Waals surface area contributed by atoms with E-state index in [-0.39, 0.29) is 6.04 Å². The minimum Gasteiger partial charge on any atom is -0.327 e. The highest BCUT2D eigenvalue weighted by molar-refractivity contribution is 5.16. The summed E-state index contributed by atoms with van der Waals surface area (Å²) >= 11 is 0. The van der Waals surface area contributed by atoms with Crippen molar-refractivity contribution in [2.24, 2.45) is 5.73 Å². The molecule has 0 radical (unpaired) electrons. The van der Waals surface area contributed by atoms with E-state index in [1.807, 2.05) is 24.8 Å². The van der Waals surface area contributed by atoms with Gasteiger partial charge in [-0.15, -0.1) is 0 Å². The van der Waals surface area contributed by atoms with Gasteiger partial charge in [0.25, 0.3) is 0 Å². The van der Waals surface area contributed by atoms with Gasteiger partial charge in [-0.1, -0.05) is 13.0 Å². The minimum absolute atomic E-state index is 0.183. The molecular formula is C18H26N4. The van der Waals surface area contributed by atoms with Crippen molar-refractivity contribution in [3.05, 3.63) is 59.7 Å². The molecule has 0 aliphatic carbocycles. The van der Waals surface area contributed by atoms with Gasteiger partial charge >= 0.3 is 0 Å². The van der Waals surface area contributed by atoms with Crippen LogP contribution in [0.5, 0.6) is 0 Å². The van der Waals surface area contributed by atoms with Crippen molar-refractivity contribution >= 4 is 0 Å². The summed E-state index contributed by atoms with van der Waals surface area (Å²) in [6.45, 7) is 7.10. The van der Waals surface area contributed by atoms with Crippen molar-refractivity contribution in [2.75, 3.05) is 13.1 Å². The van der Waals surface area contributed by atoms with Crippen LogP contribution < -0.4 is 5.73 Å². The Labute approximate surface area is 133 Å². The number of aromatic nitrogens is 2. The fourth-order valence-corrected chi connectivity index (χ4v) is 2.58. The van der Waals surface area contributed by atoms with Gasteiger partial charge in [0.15, 0.2) is 0 Å². The van der Waals surface area contributed by atoms with Gasteiger partial charge in [-0.2, -0.15) is 0 Å². The summed E-state index contributed by atoms with van der Waals surface area (Å²) in [5.41, 5.74) is 10.1. The molecule has 2 N–H and O–H groups in total. The molecule has 1 atom stereocenters. The van der Waals surface area contributed by atoms with E-state index < -0.39 is 0 Å². The van der Waals surface area contributed by atoms with Crippen LogP contribution in [0.1, 0.15) is 30.0 Å². The Morgan fingerprint density at radius 2 is 1.91 bits per heavy atom. The monoisotopic (exact) mass is 298 g/mol. The van der Waals surface area contributed by atoms with E-state index in [0.717, 1.165) is 32.5 Å². The molecule has 0 aliphatic rings. The Morgan fingerprint density at radius 1 is 1.14 bits per heavy atom. The summed E-state index contributed by atoms with van der Waals surface area (Å²) in [6, 6.07) is 6.50. The van der Waals surface area contributed by atoms with Crippen LogP contribution in [0, 0.1) is 6.92 Å². The standard InChI is InChI=1S/C18H26N4/c1-3-22(13-16-6-8-20-9-7-16)14-18(19)5-4-17-10-15(2)11-21-12-17/h6-12,18H,3-5,13-14,19H2,1-2H3. The van der Waals surface area contributed by atoms with Crippen molar-refractivity contribution in [3.8, 4) is 0 Å². The summed E-state index contributed by atoms with van der Waals surface area (Å²) in [7, 11) is 0. The topological polar surface area (TPSA) is 55.0 Å². The number of aryl methyl sites for hydroxylation is 2. The fourth-order valence-electron chi connectivity index (χ4n) is 2.58. The first-order valence-corrected chi connectivity index (χ1v) is 7.94. The zero-order valence-electron chi connectivity index (χ0n) is 13.6. The van der Waals surface area contributed by atoms with Crippen LogP contribution in [-0.4, -0.2) is 34.0 Å². The van der Waals surface area contributed by atoms with Crippen LogP contribution in [-0.2, 0) is 13.0 Å². The molecule has 22 heavy (non-hydrogen) atoms. The van der Waals surface area contributed by atoms with Crippen molar-refractivity contribution in [1.29, 1.82) is 0 Å². The molecule has 0 aromatic carbocycles. The lowest BCUT2D eigenvalue weighted by atomic mass is 10.1. The Morgan fingerprint density at radius 3 is 2.59 bits per heavy atom. The van der Waals surface area contributed by atoms with Gasteiger partial charge in [-0.3, -0.25) is 14.9 Å². The van der Waals surface area contributed by atoms with E-state index in [0.29, 0.717) is 0 Å². The Kier molecular flexibility index (Phi) is 6.49. The molecule has 1 unspecified atom stereocenters. The maximum atomic E-state index is 6.32. The van der Waals surface area contributed by atoms with Crippen LogP contribution in [0.25, 0.3) is 0 Å². The Hall–Kier alpha value is -1.78. The van der Waals surface area contributed by atoms with E-state index in [2.05, 4.69) is 46.9 Å². The zero-order chi connectivity index (χ0) is 15.8. The molecule has 2 heterocycles. The van der Waals surface area contributed by atoms with Gasteiger partial charge in [0.1, 0.15) is 0 Å². The van der Waals surface area contributed by atoms with Gasteiger partial charge in [0.05, 0.1) is 0 Å². The summed E-state index contributed by atoms with van der Waals surface area (Å²) in [5, 5.41) is 0. The second-order valence-electron chi connectivity index (χ2n) is 5.85. The fraction of sp³-hybridized carbons (Fsp3) is 0.444. The second-order valence-corrected chi connectivity index (χ2v) is 5.85. The minimum atomic E-state index is 0.183. The average molecular weight is 298 g/mol. The number of nitrogens with zero attached hydrogens (tertiary/aromatic N) is 3. The second kappa shape index (κ2) is 8.61. The predicted octanol–water partition coefficient (Wildman–Crippen LogP) is 2.57. The number of hydrogen-bond acceptors (Lipinski definition) is 4. The molecule has 0 saturated carbocycles. The highest BCUT2D eigenvalue weighted by Gasteiger charge is 2.10. The number of pyridine rings is 2. The first-order chi connectivity index (χ1) is 10.7. The lowest BCUT2D eigenvalue weighted by Crippen LogP contribution is -2.37. The average Bonchev–Trinajstić information content (AvgIpc) is 2.53. The first-order valence-electron chi connectivity index (χ1n) is 7.94. The number of hydrogen-bond donors (Lipinski definition) is 1. The molecule has 4 heteroatoms. The normalized spacial score (nSPS) is 12.5. The summed E-state index contributed by atoms with van der Waals surface area (Å²) in [4.78, 5) is 10.7. The third-order valence-corrected chi connectivity index (χ3v) is 3.83. The van der Waals surface area contributed by atoms with Crippen molar-refractivity contribution in [1.82, 2.24) is 14.9 Å². The van der Waals surface area contributed by atoms with Gasteiger partial charge in [-0.05, 0) is 55.1 Å². The molecule has 4 nitrogen and oxygen atoms in total. The van der Waals surface area contributed by atoms with Crippen LogP contribution in [0.4, 0.5) is 0 Å². The van der Waals surface area contributed by atoms with Crippen LogP contribution in [0.2, 0.25) is 0 Å². The van der Waals surface area contributed by atoms with E-state index in [4.69, 9.17) is 5.73 Å². The lowest BCUT2D eigenvalue weighted by molar-refractivity contribution is 0.257. The smallest absolute Gasteiger partial charge is 0.0300 e. The lowest BCUT2D eigenvalue weighted by Gasteiger charge is -2.24. The largest absolute Gasteiger partial charge is 0.327 e.